The third-order valence-electron chi connectivity index (χ3n) is 2.60. The molecule has 0 fully saturated rings. The Labute approximate surface area is 120 Å². The van der Waals surface area contributed by atoms with Gasteiger partial charge in [-0.05, 0) is 29.8 Å². The van der Waals surface area contributed by atoms with E-state index in [2.05, 4.69) is 0 Å². The average Bonchev–Trinajstić information content (AvgIpc) is 2.41. The smallest absolute Gasteiger partial charge is 0.339 e. The molecule has 4 nitrogen and oxygen atoms in total. The van der Waals surface area contributed by atoms with Gasteiger partial charge >= 0.3 is 11.9 Å². The number of esters is 1. The zero-order valence-corrected chi connectivity index (χ0v) is 11.1. The van der Waals surface area contributed by atoms with E-state index < -0.39 is 11.9 Å². The second-order valence-corrected chi connectivity index (χ2v) is 4.52. The number of carbonyl (C=O) groups excluding carboxylic acids is 1. The summed E-state index contributed by atoms with van der Waals surface area (Å²) >= 11 is 5.75. The van der Waals surface area contributed by atoms with Crippen LogP contribution in [0.25, 0.3) is 0 Å². The van der Waals surface area contributed by atoms with Crippen LogP contribution in [0.1, 0.15) is 15.9 Å². The SMILES string of the molecule is O=C(Cc1ccc(Cl)cc1)Oc1ccccc1C(=O)O. The van der Waals surface area contributed by atoms with Gasteiger partial charge in [0.1, 0.15) is 11.3 Å². The predicted molar refractivity (Wildman–Crippen MR) is 74.2 cm³/mol. The maximum absolute atomic E-state index is 11.8. The molecule has 0 aromatic heterocycles. The van der Waals surface area contributed by atoms with E-state index in [9.17, 15) is 9.59 Å². The Morgan fingerprint density at radius 2 is 1.70 bits per heavy atom. The van der Waals surface area contributed by atoms with Gasteiger partial charge in [0.25, 0.3) is 0 Å². The molecule has 0 aliphatic heterocycles. The molecular weight excluding hydrogens is 280 g/mol. The van der Waals surface area contributed by atoms with Crippen molar-refractivity contribution >= 4 is 23.5 Å². The van der Waals surface area contributed by atoms with Gasteiger partial charge < -0.3 is 9.84 Å². The molecule has 0 spiro atoms. The van der Waals surface area contributed by atoms with Crippen LogP contribution in [0.3, 0.4) is 0 Å². The molecule has 0 atom stereocenters. The maximum atomic E-state index is 11.8. The van der Waals surface area contributed by atoms with Gasteiger partial charge in [0.05, 0.1) is 6.42 Å². The molecule has 5 heteroatoms. The summed E-state index contributed by atoms with van der Waals surface area (Å²) in [5.74, 6) is -1.63. The number of para-hydroxylation sites is 1. The molecule has 0 aliphatic carbocycles. The van der Waals surface area contributed by atoms with Crippen molar-refractivity contribution in [1.82, 2.24) is 0 Å². The number of carboxylic acids is 1. The fourth-order valence-electron chi connectivity index (χ4n) is 1.66. The van der Waals surface area contributed by atoms with Gasteiger partial charge in [-0.25, -0.2) is 4.79 Å². The summed E-state index contributed by atoms with van der Waals surface area (Å²) < 4.78 is 5.09. The van der Waals surface area contributed by atoms with Crippen molar-refractivity contribution in [3.05, 3.63) is 64.7 Å². The van der Waals surface area contributed by atoms with Crippen molar-refractivity contribution in [2.24, 2.45) is 0 Å². The van der Waals surface area contributed by atoms with Crippen molar-refractivity contribution in [2.75, 3.05) is 0 Å². The van der Waals surface area contributed by atoms with E-state index in [1.165, 1.54) is 12.1 Å². The minimum Gasteiger partial charge on any atom is -0.478 e. The van der Waals surface area contributed by atoms with E-state index in [1.807, 2.05) is 0 Å². The first kappa shape index (κ1) is 14.1. The number of rotatable bonds is 4. The lowest BCUT2D eigenvalue weighted by Crippen LogP contribution is -2.13. The highest BCUT2D eigenvalue weighted by Crippen LogP contribution is 2.19. The third kappa shape index (κ3) is 3.59. The Kier molecular flexibility index (Phi) is 4.38. The molecule has 0 radical (unpaired) electrons. The number of aromatic carboxylic acids is 1. The molecule has 0 saturated carbocycles. The van der Waals surface area contributed by atoms with E-state index >= 15 is 0 Å². The van der Waals surface area contributed by atoms with Crippen LogP contribution in [-0.2, 0) is 11.2 Å². The fraction of sp³-hybridized carbons (Fsp3) is 0.0667. The summed E-state index contributed by atoms with van der Waals surface area (Å²) in [5.41, 5.74) is 0.698. The van der Waals surface area contributed by atoms with Gasteiger partial charge in [-0.3, -0.25) is 4.79 Å². The molecule has 0 aliphatic rings. The molecule has 2 aromatic carbocycles. The minimum atomic E-state index is -1.14. The molecule has 0 bridgehead atoms. The lowest BCUT2D eigenvalue weighted by Gasteiger charge is -2.07. The Morgan fingerprint density at radius 1 is 1.05 bits per heavy atom. The maximum Gasteiger partial charge on any atom is 0.339 e. The quantitative estimate of drug-likeness (QED) is 0.694. The Morgan fingerprint density at radius 3 is 2.35 bits per heavy atom. The Hall–Kier alpha value is -2.33. The standard InChI is InChI=1S/C15H11ClO4/c16-11-7-5-10(6-8-11)9-14(17)20-13-4-2-1-3-12(13)15(18)19/h1-8H,9H2,(H,18,19). The van der Waals surface area contributed by atoms with Gasteiger partial charge in [-0.2, -0.15) is 0 Å². The van der Waals surface area contributed by atoms with Gasteiger partial charge in [0.2, 0.25) is 0 Å². The van der Waals surface area contributed by atoms with Gasteiger partial charge in [-0.1, -0.05) is 35.9 Å². The predicted octanol–water partition coefficient (Wildman–Crippen LogP) is 3.19. The van der Waals surface area contributed by atoms with E-state index in [-0.39, 0.29) is 17.7 Å². The topological polar surface area (TPSA) is 63.6 Å². The second kappa shape index (κ2) is 6.21. The summed E-state index contributed by atoms with van der Waals surface area (Å²) in [6.07, 6.45) is 0.0467. The summed E-state index contributed by atoms with van der Waals surface area (Å²) in [4.78, 5) is 22.8. The van der Waals surface area contributed by atoms with Crippen LogP contribution >= 0.6 is 11.6 Å². The van der Waals surface area contributed by atoms with E-state index in [0.717, 1.165) is 5.56 Å². The monoisotopic (exact) mass is 290 g/mol. The third-order valence-corrected chi connectivity index (χ3v) is 2.85. The largest absolute Gasteiger partial charge is 0.478 e. The highest BCUT2D eigenvalue weighted by Gasteiger charge is 2.14. The van der Waals surface area contributed by atoms with Gasteiger partial charge in [-0.15, -0.1) is 0 Å². The first-order valence-electron chi connectivity index (χ1n) is 5.83. The summed E-state index contributed by atoms with van der Waals surface area (Å²) in [6, 6.07) is 12.8. The summed E-state index contributed by atoms with van der Waals surface area (Å²) in [6.45, 7) is 0. The zero-order valence-electron chi connectivity index (χ0n) is 10.4. The summed E-state index contributed by atoms with van der Waals surface area (Å²) in [5, 5.41) is 9.57. The van der Waals surface area contributed by atoms with Crippen LogP contribution < -0.4 is 4.74 Å². The van der Waals surface area contributed by atoms with Crippen molar-refractivity contribution in [3.8, 4) is 5.75 Å². The first-order chi connectivity index (χ1) is 9.56. The number of carboxylic acid groups (broad SMARTS) is 1. The highest BCUT2D eigenvalue weighted by atomic mass is 35.5. The van der Waals surface area contributed by atoms with Crippen LogP contribution in [-0.4, -0.2) is 17.0 Å². The number of ether oxygens (including phenoxy) is 1. The van der Waals surface area contributed by atoms with Crippen molar-refractivity contribution in [2.45, 2.75) is 6.42 Å². The van der Waals surface area contributed by atoms with Crippen molar-refractivity contribution in [3.63, 3.8) is 0 Å². The molecule has 2 rings (SSSR count). The Balaban J connectivity index is 2.08. The Bertz CT molecular complexity index is 635. The van der Waals surface area contributed by atoms with Gasteiger partial charge in [0.15, 0.2) is 0 Å². The lowest BCUT2D eigenvalue weighted by molar-refractivity contribution is -0.133. The molecule has 20 heavy (non-hydrogen) atoms. The van der Waals surface area contributed by atoms with Crippen LogP contribution in [0, 0.1) is 0 Å². The number of benzene rings is 2. The van der Waals surface area contributed by atoms with Crippen molar-refractivity contribution < 1.29 is 19.4 Å². The van der Waals surface area contributed by atoms with Crippen LogP contribution in [0.15, 0.2) is 48.5 Å². The van der Waals surface area contributed by atoms with Crippen LogP contribution in [0.4, 0.5) is 0 Å². The second-order valence-electron chi connectivity index (χ2n) is 4.08. The van der Waals surface area contributed by atoms with E-state index in [1.54, 1.807) is 36.4 Å². The van der Waals surface area contributed by atoms with E-state index in [4.69, 9.17) is 21.4 Å². The zero-order chi connectivity index (χ0) is 14.5. The number of carbonyl (C=O) groups is 2. The molecule has 0 heterocycles. The molecule has 1 N–H and O–H groups in total. The molecular formula is C15H11ClO4. The van der Waals surface area contributed by atoms with Gasteiger partial charge in [0, 0.05) is 5.02 Å². The molecule has 0 saturated heterocycles. The lowest BCUT2D eigenvalue weighted by atomic mass is 10.1. The van der Waals surface area contributed by atoms with Crippen molar-refractivity contribution in [1.29, 1.82) is 0 Å². The number of hydrogen-bond acceptors (Lipinski definition) is 3. The fourth-order valence-corrected chi connectivity index (χ4v) is 1.79. The molecule has 2 aromatic rings. The minimum absolute atomic E-state index is 0.0407. The molecule has 102 valence electrons. The van der Waals surface area contributed by atoms with E-state index in [0.29, 0.717) is 5.02 Å². The molecule has 0 amide bonds. The van der Waals surface area contributed by atoms with Crippen LogP contribution in [0.5, 0.6) is 5.75 Å². The average molecular weight is 291 g/mol. The normalized spacial score (nSPS) is 10.1. The number of hydrogen-bond donors (Lipinski definition) is 1. The summed E-state index contributed by atoms with van der Waals surface area (Å²) in [7, 11) is 0. The van der Waals surface area contributed by atoms with Crippen LogP contribution in [0.2, 0.25) is 5.02 Å². The molecule has 0 unspecified atom stereocenters. The highest BCUT2D eigenvalue weighted by molar-refractivity contribution is 6.30. The number of halogens is 1. The first-order valence-corrected chi connectivity index (χ1v) is 6.21.